The molecule has 0 atom stereocenters. The van der Waals surface area contributed by atoms with E-state index < -0.39 is 5.91 Å². The van der Waals surface area contributed by atoms with Crippen molar-refractivity contribution in [2.45, 2.75) is 25.7 Å². The molecular weight excluding hydrogens is 328 g/mol. The summed E-state index contributed by atoms with van der Waals surface area (Å²) in [4.78, 5) is 25.5. The van der Waals surface area contributed by atoms with Crippen molar-refractivity contribution in [3.05, 3.63) is 70.6 Å². The number of amides is 1. The molecule has 1 fully saturated rings. The SMILES string of the molecule is O=C(NN=C1CCCC1)c1nn(-c2ccccc2)c(=O)c2ccccc12. The van der Waals surface area contributed by atoms with Crippen LogP contribution in [0.2, 0.25) is 0 Å². The second-order valence-electron chi connectivity index (χ2n) is 6.27. The van der Waals surface area contributed by atoms with Crippen molar-refractivity contribution in [3.8, 4) is 5.69 Å². The van der Waals surface area contributed by atoms with Gasteiger partial charge in [-0.3, -0.25) is 9.59 Å². The highest BCUT2D eigenvalue weighted by Crippen LogP contribution is 2.16. The fourth-order valence-corrected chi connectivity index (χ4v) is 3.18. The van der Waals surface area contributed by atoms with Crippen LogP contribution in [0.1, 0.15) is 36.2 Å². The predicted molar refractivity (Wildman–Crippen MR) is 101 cm³/mol. The Kier molecular flexibility index (Phi) is 4.31. The fourth-order valence-electron chi connectivity index (χ4n) is 3.18. The lowest BCUT2D eigenvalue weighted by molar-refractivity contribution is 0.0950. The summed E-state index contributed by atoms with van der Waals surface area (Å²) < 4.78 is 1.26. The lowest BCUT2D eigenvalue weighted by Crippen LogP contribution is -2.28. The molecule has 3 aromatic rings. The number of hydrogen-bond donors (Lipinski definition) is 1. The van der Waals surface area contributed by atoms with Crippen LogP contribution in [-0.2, 0) is 0 Å². The first kappa shape index (κ1) is 16.2. The van der Waals surface area contributed by atoms with Gasteiger partial charge in [-0.15, -0.1) is 0 Å². The zero-order valence-corrected chi connectivity index (χ0v) is 14.2. The third-order valence-electron chi connectivity index (χ3n) is 4.52. The minimum absolute atomic E-state index is 0.186. The maximum absolute atomic E-state index is 12.8. The second kappa shape index (κ2) is 6.92. The van der Waals surface area contributed by atoms with Gasteiger partial charge in [0, 0.05) is 11.1 Å². The van der Waals surface area contributed by atoms with Crippen molar-refractivity contribution < 1.29 is 4.79 Å². The van der Waals surface area contributed by atoms with Crippen molar-refractivity contribution in [1.82, 2.24) is 15.2 Å². The molecule has 0 spiro atoms. The summed E-state index contributed by atoms with van der Waals surface area (Å²) in [5, 5.41) is 9.53. The van der Waals surface area contributed by atoms with Crippen LogP contribution < -0.4 is 11.0 Å². The normalized spacial score (nSPS) is 13.8. The number of nitrogens with zero attached hydrogens (tertiary/aromatic N) is 3. The quantitative estimate of drug-likeness (QED) is 0.741. The van der Waals surface area contributed by atoms with Crippen LogP contribution in [0, 0.1) is 0 Å². The van der Waals surface area contributed by atoms with Crippen LogP contribution in [0.3, 0.4) is 0 Å². The van der Waals surface area contributed by atoms with Gasteiger partial charge >= 0.3 is 0 Å². The van der Waals surface area contributed by atoms with Gasteiger partial charge in [-0.2, -0.15) is 14.9 Å². The Bertz CT molecular complexity index is 1050. The molecule has 0 bridgehead atoms. The maximum Gasteiger partial charge on any atom is 0.292 e. The molecule has 0 unspecified atom stereocenters. The minimum atomic E-state index is -0.412. The van der Waals surface area contributed by atoms with E-state index in [1.54, 1.807) is 36.4 Å². The lowest BCUT2D eigenvalue weighted by atomic mass is 10.1. The summed E-state index contributed by atoms with van der Waals surface area (Å²) in [6.07, 6.45) is 4.04. The van der Waals surface area contributed by atoms with Crippen LogP contribution in [-0.4, -0.2) is 21.4 Å². The van der Waals surface area contributed by atoms with Gasteiger partial charge in [0.05, 0.1) is 11.1 Å². The third kappa shape index (κ3) is 3.01. The molecule has 1 aromatic heterocycles. The number of aromatic nitrogens is 2. The molecule has 1 aliphatic carbocycles. The summed E-state index contributed by atoms with van der Waals surface area (Å²) in [5.41, 5.74) is 4.14. The largest absolute Gasteiger partial charge is 0.292 e. The molecule has 26 heavy (non-hydrogen) atoms. The van der Waals surface area contributed by atoms with Crippen molar-refractivity contribution >= 4 is 22.4 Å². The van der Waals surface area contributed by atoms with Gasteiger partial charge in [-0.25, -0.2) is 5.43 Å². The second-order valence-corrected chi connectivity index (χ2v) is 6.27. The minimum Gasteiger partial charge on any atom is -0.267 e. The average Bonchev–Trinajstić information content (AvgIpc) is 3.21. The summed E-state index contributed by atoms with van der Waals surface area (Å²) in [6.45, 7) is 0. The lowest BCUT2D eigenvalue weighted by Gasteiger charge is -2.10. The number of carbonyl (C=O) groups is 1. The van der Waals surface area contributed by atoms with E-state index in [9.17, 15) is 9.59 Å². The van der Waals surface area contributed by atoms with Crippen molar-refractivity contribution in [3.63, 3.8) is 0 Å². The topological polar surface area (TPSA) is 76.3 Å². The molecule has 6 nitrogen and oxygen atoms in total. The fraction of sp³-hybridized carbons (Fsp3) is 0.200. The summed E-state index contributed by atoms with van der Waals surface area (Å²) >= 11 is 0. The number of para-hydroxylation sites is 1. The predicted octanol–water partition coefficient (Wildman–Crippen LogP) is 3.05. The maximum atomic E-state index is 12.8. The number of nitrogens with one attached hydrogen (secondary N) is 1. The Hall–Kier alpha value is -3.28. The van der Waals surface area contributed by atoms with Crippen LogP contribution in [0.15, 0.2) is 64.5 Å². The smallest absolute Gasteiger partial charge is 0.267 e. The number of hydrogen-bond acceptors (Lipinski definition) is 4. The van der Waals surface area contributed by atoms with E-state index in [0.29, 0.717) is 16.5 Å². The van der Waals surface area contributed by atoms with Gasteiger partial charge in [-0.1, -0.05) is 36.4 Å². The standard InChI is InChI=1S/C20H18N4O2/c25-19(22-21-14-8-4-5-9-14)18-16-12-6-7-13-17(16)20(26)24(23-18)15-10-2-1-3-11-15/h1-3,6-7,10-13H,4-5,8-9H2,(H,22,25). The van der Waals surface area contributed by atoms with Gasteiger partial charge in [0.1, 0.15) is 0 Å². The zero-order chi connectivity index (χ0) is 17.9. The van der Waals surface area contributed by atoms with Crippen molar-refractivity contribution in [2.75, 3.05) is 0 Å². The van der Waals surface area contributed by atoms with E-state index in [1.807, 2.05) is 18.2 Å². The highest BCUT2D eigenvalue weighted by atomic mass is 16.2. The van der Waals surface area contributed by atoms with E-state index in [1.165, 1.54) is 4.68 Å². The van der Waals surface area contributed by atoms with E-state index in [4.69, 9.17) is 0 Å². The number of fused-ring (bicyclic) bond motifs is 1. The van der Waals surface area contributed by atoms with E-state index in [2.05, 4.69) is 15.6 Å². The first-order valence-electron chi connectivity index (χ1n) is 8.67. The molecule has 1 amide bonds. The summed E-state index contributed by atoms with van der Waals surface area (Å²) in [7, 11) is 0. The van der Waals surface area contributed by atoms with Crippen molar-refractivity contribution in [1.29, 1.82) is 0 Å². The first-order chi connectivity index (χ1) is 12.7. The Labute approximate surface area is 150 Å². The van der Waals surface area contributed by atoms with Gasteiger partial charge in [-0.05, 0) is 43.9 Å². The Morgan fingerprint density at radius 3 is 2.35 bits per heavy atom. The molecule has 1 saturated carbocycles. The van der Waals surface area contributed by atoms with E-state index >= 15 is 0 Å². The number of benzene rings is 2. The molecule has 4 rings (SSSR count). The zero-order valence-electron chi connectivity index (χ0n) is 14.2. The van der Waals surface area contributed by atoms with Crippen LogP contribution >= 0.6 is 0 Å². The Morgan fingerprint density at radius 1 is 0.962 bits per heavy atom. The number of hydrazone groups is 1. The van der Waals surface area contributed by atoms with Crippen LogP contribution in [0.4, 0.5) is 0 Å². The third-order valence-corrected chi connectivity index (χ3v) is 4.52. The molecule has 0 radical (unpaired) electrons. The van der Waals surface area contributed by atoms with Crippen LogP contribution in [0.25, 0.3) is 16.5 Å². The molecule has 130 valence electrons. The average molecular weight is 346 g/mol. The number of carbonyl (C=O) groups excluding carboxylic acids is 1. The van der Waals surface area contributed by atoms with E-state index in [0.717, 1.165) is 31.4 Å². The first-order valence-corrected chi connectivity index (χ1v) is 8.67. The molecular formula is C20H18N4O2. The Morgan fingerprint density at radius 2 is 1.62 bits per heavy atom. The summed E-state index contributed by atoms with van der Waals surface area (Å²) in [6, 6.07) is 16.1. The Balaban J connectivity index is 1.83. The molecule has 1 N–H and O–H groups in total. The molecule has 2 aromatic carbocycles. The van der Waals surface area contributed by atoms with Gasteiger partial charge in [0.25, 0.3) is 11.5 Å². The molecule has 1 heterocycles. The van der Waals surface area contributed by atoms with Gasteiger partial charge in [0.2, 0.25) is 0 Å². The monoisotopic (exact) mass is 346 g/mol. The molecule has 6 heteroatoms. The van der Waals surface area contributed by atoms with Crippen molar-refractivity contribution in [2.24, 2.45) is 5.10 Å². The molecule has 0 saturated heterocycles. The summed E-state index contributed by atoms with van der Waals surface area (Å²) in [5.74, 6) is -0.412. The molecule has 0 aliphatic heterocycles. The highest BCUT2D eigenvalue weighted by molar-refractivity contribution is 6.05. The van der Waals surface area contributed by atoms with E-state index in [-0.39, 0.29) is 11.3 Å². The molecule has 1 aliphatic rings. The number of rotatable bonds is 3. The van der Waals surface area contributed by atoms with Crippen LogP contribution in [0.5, 0.6) is 0 Å². The van der Waals surface area contributed by atoms with Gasteiger partial charge < -0.3 is 0 Å². The van der Waals surface area contributed by atoms with Gasteiger partial charge in [0.15, 0.2) is 5.69 Å². The highest BCUT2D eigenvalue weighted by Gasteiger charge is 2.17.